The zero-order valence-corrected chi connectivity index (χ0v) is 14.9. The highest BCUT2D eigenvalue weighted by atomic mass is 32.2. The quantitative estimate of drug-likeness (QED) is 0.798. The highest BCUT2D eigenvalue weighted by Gasteiger charge is 2.52. The molecule has 8 heteroatoms. The number of hydrogen-bond acceptors (Lipinski definition) is 3. The van der Waals surface area contributed by atoms with Gasteiger partial charge in [0.2, 0.25) is 5.91 Å². The van der Waals surface area contributed by atoms with Crippen molar-refractivity contribution < 1.29 is 26.4 Å². The molecule has 3 fully saturated rings. The second-order valence-corrected chi connectivity index (χ2v) is 9.80. The second kappa shape index (κ2) is 5.97. The standard InChI is InChI=1S/C18H20F3NO3S/c19-18(20,21)16-4-2-1-3-13(16)14-9-15(14)17(23)22(11-5-6-11)12-7-8-26(24,25)10-12/h1-4,11-12,14-15H,5-10H2/t12-,14+,15-/m1/s1. The average molecular weight is 387 g/mol. The van der Waals surface area contributed by atoms with Gasteiger partial charge in [0.1, 0.15) is 0 Å². The van der Waals surface area contributed by atoms with Crippen LogP contribution in [-0.2, 0) is 20.8 Å². The van der Waals surface area contributed by atoms with Crippen LogP contribution in [-0.4, -0.2) is 42.8 Å². The lowest BCUT2D eigenvalue weighted by Crippen LogP contribution is -2.43. The van der Waals surface area contributed by atoms with E-state index in [1.807, 2.05) is 0 Å². The van der Waals surface area contributed by atoms with Gasteiger partial charge in [-0.1, -0.05) is 18.2 Å². The minimum atomic E-state index is -4.44. The summed E-state index contributed by atoms with van der Waals surface area (Å²) in [6.07, 6.45) is -1.92. The predicted octanol–water partition coefficient (Wildman–Crippen LogP) is 2.99. The summed E-state index contributed by atoms with van der Waals surface area (Å²) in [5, 5.41) is 0. The molecular formula is C18H20F3NO3S. The Hall–Kier alpha value is -1.57. The molecular weight excluding hydrogens is 367 g/mol. The Bertz CT molecular complexity index is 832. The largest absolute Gasteiger partial charge is 0.416 e. The van der Waals surface area contributed by atoms with Crippen molar-refractivity contribution in [3.8, 4) is 0 Å². The number of hydrogen-bond donors (Lipinski definition) is 0. The first-order chi connectivity index (χ1) is 12.2. The summed E-state index contributed by atoms with van der Waals surface area (Å²) < 4.78 is 63.2. The van der Waals surface area contributed by atoms with Gasteiger partial charge >= 0.3 is 6.18 Å². The Morgan fingerprint density at radius 1 is 1.08 bits per heavy atom. The fourth-order valence-electron chi connectivity index (χ4n) is 4.09. The van der Waals surface area contributed by atoms with Crippen molar-refractivity contribution in [2.24, 2.45) is 5.92 Å². The summed E-state index contributed by atoms with van der Waals surface area (Å²) in [6.45, 7) is 0. The first-order valence-corrected chi connectivity index (χ1v) is 10.7. The van der Waals surface area contributed by atoms with E-state index < -0.39 is 33.4 Å². The molecule has 2 aliphatic carbocycles. The Labute approximate surface area is 150 Å². The van der Waals surface area contributed by atoms with Crippen LogP contribution in [0.15, 0.2) is 24.3 Å². The highest BCUT2D eigenvalue weighted by molar-refractivity contribution is 7.91. The minimum Gasteiger partial charge on any atom is -0.335 e. The number of sulfone groups is 1. The molecule has 142 valence electrons. The van der Waals surface area contributed by atoms with E-state index in [-0.39, 0.29) is 35.1 Å². The fraction of sp³-hybridized carbons (Fsp3) is 0.611. The first kappa shape index (κ1) is 17.8. The van der Waals surface area contributed by atoms with Gasteiger partial charge in [0.05, 0.1) is 17.1 Å². The maximum absolute atomic E-state index is 13.2. The third kappa shape index (κ3) is 3.35. The number of halogens is 3. The monoisotopic (exact) mass is 387 g/mol. The molecule has 4 rings (SSSR count). The predicted molar refractivity (Wildman–Crippen MR) is 89.2 cm³/mol. The molecule has 3 atom stereocenters. The van der Waals surface area contributed by atoms with Crippen LogP contribution in [0.25, 0.3) is 0 Å². The van der Waals surface area contributed by atoms with E-state index in [2.05, 4.69) is 0 Å². The molecule has 1 aromatic rings. The molecule has 1 amide bonds. The number of benzene rings is 1. The number of rotatable bonds is 4. The fourth-order valence-corrected chi connectivity index (χ4v) is 5.80. The average Bonchev–Trinajstić information content (AvgIpc) is 3.46. The van der Waals surface area contributed by atoms with Gasteiger partial charge in [-0.15, -0.1) is 0 Å². The molecule has 3 aliphatic rings. The zero-order chi connectivity index (χ0) is 18.7. The maximum Gasteiger partial charge on any atom is 0.416 e. The third-order valence-electron chi connectivity index (χ3n) is 5.57. The lowest BCUT2D eigenvalue weighted by Gasteiger charge is -2.28. The van der Waals surface area contributed by atoms with Gasteiger partial charge in [-0.2, -0.15) is 13.2 Å². The molecule has 1 saturated heterocycles. The van der Waals surface area contributed by atoms with Crippen molar-refractivity contribution >= 4 is 15.7 Å². The summed E-state index contributed by atoms with van der Waals surface area (Å²) in [5.74, 6) is -1.01. The SMILES string of the molecule is O=C([C@@H]1C[C@H]1c1ccccc1C(F)(F)F)N(C1CC1)[C@@H]1CCS(=O)(=O)C1. The summed E-state index contributed by atoms with van der Waals surface area (Å²) in [7, 11) is -3.12. The van der Waals surface area contributed by atoms with Crippen molar-refractivity contribution in [1.82, 2.24) is 4.90 Å². The van der Waals surface area contributed by atoms with Crippen molar-refractivity contribution in [2.45, 2.75) is 49.9 Å². The molecule has 2 saturated carbocycles. The number of nitrogens with zero attached hydrogens (tertiary/aromatic N) is 1. The van der Waals surface area contributed by atoms with Crippen LogP contribution in [0.5, 0.6) is 0 Å². The first-order valence-electron chi connectivity index (χ1n) is 8.86. The normalized spacial score (nSPS) is 30.2. The van der Waals surface area contributed by atoms with Crippen LogP contribution in [0.4, 0.5) is 13.2 Å². The number of carbonyl (C=O) groups is 1. The molecule has 0 unspecified atom stereocenters. The molecule has 0 radical (unpaired) electrons. The van der Waals surface area contributed by atoms with E-state index in [9.17, 15) is 26.4 Å². The van der Waals surface area contributed by atoms with E-state index in [1.165, 1.54) is 12.1 Å². The second-order valence-electron chi connectivity index (χ2n) is 7.57. The Kier molecular flexibility index (Phi) is 4.09. The van der Waals surface area contributed by atoms with Crippen molar-refractivity contribution in [3.05, 3.63) is 35.4 Å². The summed E-state index contributed by atoms with van der Waals surface area (Å²) in [6, 6.07) is 5.15. The van der Waals surface area contributed by atoms with Gasteiger partial charge in [-0.25, -0.2) is 8.42 Å². The Balaban J connectivity index is 1.54. The lowest BCUT2D eigenvalue weighted by molar-refractivity contribution is -0.139. The molecule has 26 heavy (non-hydrogen) atoms. The molecule has 4 nitrogen and oxygen atoms in total. The Morgan fingerprint density at radius 3 is 2.35 bits per heavy atom. The summed E-state index contributed by atoms with van der Waals surface area (Å²) in [4.78, 5) is 14.7. The molecule has 0 spiro atoms. The van der Waals surface area contributed by atoms with Gasteiger partial charge in [-0.05, 0) is 43.2 Å². The van der Waals surface area contributed by atoms with Crippen LogP contribution in [0.2, 0.25) is 0 Å². The molecule has 0 aromatic heterocycles. The number of carbonyl (C=O) groups excluding carboxylic acids is 1. The smallest absolute Gasteiger partial charge is 0.335 e. The van der Waals surface area contributed by atoms with Gasteiger partial charge in [0.15, 0.2) is 9.84 Å². The Morgan fingerprint density at radius 2 is 1.77 bits per heavy atom. The summed E-state index contributed by atoms with van der Waals surface area (Å²) in [5.41, 5.74) is -0.505. The van der Waals surface area contributed by atoms with Gasteiger partial charge in [0, 0.05) is 18.0 Å². The van der Waals surface area contributed by atoms with Crippen molar-refractivity contribution in [3.63, 3.8) is 0 Å². The van der Waals surface area contributed by atoms with E-state index >= 15 is 0 Å². The minimum absolute atomic E-state index is 0.0221. The molecule has 1 aliphatic heterocycles. The van der Waals surface area contributed by atoms with Crippen LogP contribution in [0, 0.1) is 5.92 Å². The molecule has 0 bridgehead atoms. The van der Waals surface area contributed by atoms with E-state index in [0.29, 0.717) is 12.8 Å². The topological polar surface area (TPSA) is 54.5 Å². The van der Waals surface area contributed by atoms with E-state index in [0.717, 1.165) is 18.9 Å². The van der Waals surface area contributed by atoms with Crippen LogP contribution < -0.4 is 0 Å². The molecule has 1 heterocycles. The maximum atomic E-state index is 13.2. The highest BCUT2D eigenvalue weighted by Crippen LogP contribution is 2.53. The van der Waals surface area contributed by atoms with Gasteiger partial charge < -0.3 is 4.90 Å². The van der Waals surface area contributed by atoms with Crippen LogP contribution in [0.1, 0.15) is 42.7 Å². The van der Waals surface area contributed by atoms with E-state index in [4.69, 9.17) is 0 Å². The lowest BCUT2D eigenvalue weighted by atomic mass is 10.0. The number of amides is 1. The van der Waals surface area contributed by atoms with Gasteiger partial charge in [0.25, 0.3) is 0 Å². The number of alkyl halides is 3. The van der Waals surface area contributed by atoms with E-state index in [1.54, 1.807) is 11.0 Å². The van der Waals surface area contributed by atoms with Crippen LogP contribution in [0.3, 0.4) is 0 Å². The van der Waals surface area contributed by atoms with Crippen molar-refractivity contribution in [2.75, 3.05) is 11.5 Å². The van der Waals surface area contributed by atoms with Gasteiger partial charge in [-0.3, -0.25) is 4.79 Å². The third-order valence-corrected chi connectivity index (χ3v) is 7.32. The van der Waals surface area contributed by atoms with Crippen LogP contribution >= 0.6 is 0 Å². The molecule has 1 aromatic carbocycles. The molecule has 0 N–H and O–H groups in total. The zero-order valence-electron chi connectivity index (χ0n) is 14.1. The van der Waals surface area contributed by atoms with Crippen molar-refractivity contribution in [1.29, 1.82) is 0 Å². The summed E-state index contributed by atoms with van der Waals surface area (Å²) >= 11 is 0.